The predicted octanol–water partition coefficient (Wildman–Crippen LogP) is 5.37. The second-order valence-corrected chi connectivity index (χ2v) is 8.21. The number of fused-ring (bicyclic) bond motifs is 3. The van der Waals surface area contributed by atoms with E-state index in [4.69, 9.17) is 14.2 Å². The standard InChI is InChI=1S/C27H27N3O4/c1-32-19-8-4-17(5-9-19)26-25-22(23-16-21(34-3)12-13-24(23)29-25)14-15-30(26)27(31)28-18-6-10-20(33-2)11-7-18/h4-13,16,26,29H,14-15H2,1-3H3,(H,28,31)/t26-/m1/s1. The van der Waals surface area contributed by atoms with Crippen molar-refractivity contribution in [1.82, 2.24) is 9.88 Å². The molecule has 0 saturated heterocycles. The predicted molar refractivity (Wildman–Crippen MR) is 132 cm³/mol. The van der Waals surface area contributed by atoms with Crippen LogP contribution < -0.4 is 19.5 Å². The van der Waals surface area contributed by atoms with Gasteiger partial charge >= 0.3 is 6.03 Å². The Hall–Kier alpha value is -4.13. The molecule has 0 radical (unpaired) electrons. The third-order valence-electron chi connectivity index (χ3n) is 6.37. The van der Waals surface area contributed by atoms with Gasteiger partial charge in [0.05, 0.1) is 27.4 Å². The number of nitrogens with one attached hydrogen (secondary N) is 2. The number of aromatic nitrogens is 1. The molecule has 3 aromatic carbocycles. The molecule has 2 N–H and O–H groups in total. The van der Waals surface area contributed by atoms with E-state index >= 15 is 0 Å². The number of methoxy groups -OCH3 is 3. The summed E-state index contributed by atoms with van der Waals surface area (Å²) in [7, 11) is 4.94. The Morgan fingerprint density at radius 1 is 0.882 bits per heavy atom. The Morgan fingerprint density at radius 2 is 1.50 bits per heavy atom. The van der Waals surface area contributed by atoms with Crippen molar-refractivity contribution in [3.05, 3.63) is 83.6 Å². The van der Waals surface area contributed by atoms with Gasteiger partial charge in [-0.15, -0.1) is 0 Å². The molecule has 2 heterocycles. The minimum atomic E-state index is -0.272. The molecular weight excluding hydrogens is 430 g/mol. The highest BCUT2D eigenvalue weighted by atomic mass is 16.5. The Kier molecular flexibility index (Phi) is 5.76. The van der Waals surface area contributed by atoms with Gasteiger partial charge in [-0.2, -0.15) is 0 Å². The Balaban J connectivity index is 1.55. The Bertz CT molecular complexity index is 1310. The molecule has 1 aliphatic heterocycles. The van der Waals surface area contributed by atoms with Crippen LogP contribution >= 0.6 is 0 Å². The summed E-state index contributed by atoms with van der Waals surface area (Å²) in [6.45, 7) is 0.579. The molecule has 1 atom stereocenters. The molecule has 0 spiro atoms. The van der Waals surface area contributed by atoms with Gasteiger partial charge in [-0.3, -0.25) is 0 Å². The molecule has 0 unspecified atom stereocenters. The first-order valence-electron chi connectivity index (χ1n) is 11.2. The zero-order valence-electron chi connectivity index (χ0n) is 19.4. The number of H-pyrrole nitrogens is 1. The van der Waals surface area contributed by atoms with Crippen LogP contribution in [-0.2, 0) is 6.42 Å². The van der Waals surface area contributed by atoms with Crippen LogP contribution in [0, 0.1) is 0 Å². The van der Waals surface area contributed by atoms with Crippen molar-refractivity contribution in [2.75, 3.05) is 33.2 Å². The molecule has 34 heavy (non-hydrogen) atoms. The van der Waals surface area contributed by atoms with Crippen LogP contribution in [0.5, 0.6) is 17.2 Å². The first kappa shape index (κ1) is 21.7. The molecule has 7 heteroatoms. The normalized spacial score (nSPS) is 15.0. The summed E-state index contributed by atoms with van der Waals surface area (Å²) < 4.78 is 16.0. The summed E-state index contributed by atoms with van der Waals surface area (Å²) in [4.78, 5) is 18.9. The highest BCUT2D eigenvalue weighted by molar-refractivity contribution is 5.92. The number of hydrogen-bond acceptors (Lipinski definition) is 4. The van der Waals surface area contributed by atoms with E-state index in [0.29, 0.717) is 12.2 Å². The monoisotopic (exact) mass is 457 g/mol. The van der Waals surface area contributed by atoms with Crippen molar-refractivity contribution < 1.29 is 19.0 Å². The quantitative estimate of drug-likeness (QED) is 0.422. The molecule has 174 valence electrons. The molecule has 1 aromatic heterocycles. The van der Waals surface area contributed by atoms with E-state index in [1.54, 1.807) is 21.3 Å². The van der Waals surface area contributed by atoms with Gasteiger partial charge in [0, 0.05) is 28.8 Å². The number of aromatic amines is 1. The molecular formula is C27H27N3O4. The lowest BCUT2D eigenvalue weighted by molar-refractivity contribution is 0.193. The fourth-order valence-corrected chi connectivity index (χ4v) is 4.62. The average molecular weight is 458 g/mol. The van der Waals surface area contributed by atoms with Crippen LogP contribution in [-0.4, -0.2) is 43.8 Å². The zero-order valence-corrected chi connectivity index (χ0v) is 19.4. The molecule has 4 aromatic rings. The van der Waals surface area contributed by atoms with Crippen molar-refractivity contribution >= 4 is 22.6 Å². The fourth-order valence-electron chi connectivity index (χ4n) is 4.62. The van der Waals surface area contributed by atoms with Gasteiger partial charge in [0.2, 0.25) is 0 Å². The largest absolute Gasteiger partial charge is 0.497 e. The third kappa shape index (κ3) is 3.90. The van der Waals surface area contributed by atoms with Crippen molar-refractivity contribution in [3.63, 3.8) is 0 Å². The molecule has 7 nitrogen and oxygen atoms in total. The number of urea groups is 1. The lowest BCUT2D eigenvalue weighted by atomic mass is 9.92. The van der Waals surface area contributed by atoms with Crippen LogP contribution in [0.2, 0.25) is 0 Å². The van der Waals surface area contributed by atoms with Gasteiger partial charge in [-0.25, -0.2) is 4.79 Å². The zero-order chi connectivity index (χ0) is 23.7. The van der Waals surface area contributed by atoms with E-state index in [1.165, 1.54) is 5.56 Å². The summed E-state index contributed by atoms with van der Waals surface area (Å²) in [6, 6.07) is 20.8. The summed E-state index contributed by atoms with van der Waals surface area (Å²) in [6.07, 6.45) is 0.741. The maximum Gasteiger partial charge on any atom is 0.322 e. The van der Waals surface area contributed by atoms with Gasteiger partial charge in [0.1, 0.15) is 17.2 Å². The Labute approximate surface area is 198 Å². The number of benzene rings is 3. The lowest BCUT2D eigenvalue weighted by Gasteiger charge is -2.36. The van der Waals surface area contributed by atoms with Gasteiger partial charge in [0.25, 0.3) is 0 Å². The number of carbonyl (C=O) groups is 1. The van der Waals surface area contributed by atoms with E-state index in [9.17, 15) is 4.79 Å². The van der Waals surface area contributed by atoms with Crippen LogP contribution in [0.3, 0.4) is 0 Å². The summed E-state index contributed by atoms with van der Waals surface area (Å²) in [5, 5.41) is 4.17. The molecule has 0 saturated carbocycles. The molecule has 2 amide bonds. The molecule has 1 aliphatic rings. The first-order valence-corrected chi connectivity index (χ1v) is 11.2. The number of hydrogen-bond donors (Lipinski definition) is 2. The van der Waals surface area contributed by atoms with Gasteiger partial charge < -0.3 is 29.4 Å². The highest BCUT2D eigenvalue weighted by Gasteiger charge is 2.34. The number of amides is 2. The topological polar surface area (TPSA) is 75.8 Å². The number of ether oxygens (including phenoxy) is 3. The second kappa shape index (κ2) is 9.02. The Morgan fingerprint density at radius 3 is 2.15 bits per heavy atom. The van der Waals surface area contributed by atoms with Gasteiger partial charge in [-0.1, -0.05) is 12.1 Å². The number of anilines is 1. The minimum absolute atomic E-state index is 0.159. The van der Waals surface area contributed by atoms with Gasteiger partial charge in [0.15, 0.2) is 0 Å². The summed E-state index contributed by atoms with van der Waals surface area (Å²) in [5.41, 5.74) is 4.98. The lowest BCUT2D eigenvalue weighted by Crippen LogP contribution is -2.43. The molecule has 0 bridgehead atoms. The van der Waals surface area contributed by atoms with Gasteiger partial charge in [-0.05, 0) is 72.1 Å². The van der Waals surface area contributed by atoms with Crippen LogP contribution in [0.1, 0.15) is 22.9 Å². The maximum atomic E-state index is 13.5. The van der Waals surface area contributed by atoms with Crippen LogP contribution in [0.4, 0.5) is 10.5 Å². The minimum Gasteiger partial charge on any atom is -0.497 e. The van der Waals surface area contributed by atoms with E-state index < -0.39 is 0 Å². The van der Waals surface area contributed by atoms with E-state index in [1.807, 2.05) is 65.6 Å². The van der Waals surface area contributed by atoms with E-state index in [-0.39, 0.29) is 12.1 Å². The highest BCUT2D eigenvalue weighted by Crippen LogP contribution is 2.40. The van der Waals surface area contributed by atoms with Crippen molar-refractivity contribution in [3.8, 4) is 17.2 Å². The summed E-state index contributed by atoms with van der Waals surface area (Å²) >= 11 is 0. The van der Waals surface area contributed by atoms with Crippen molar-refractivity contribution in [2.24, 2.45) is 0 Å². The smallest absolute Gasteiger partial charge is 0.322 e. The number of carbonyl (C=O) groups excluding carboxylic acids is 1. The number of nitrogens with zero attached hydrogens (tertiary/aromatic N) is 1. The number of rotatable bonds is 5. The van der Waals surface area contributed by atoms with E-state index in [2.05, 4.69) is 16.4 Å². The summed E-state index contributed by atoms with van der Waals surface area (Å²) in [5.74, 6) is 2.33. The third-order valence-corrected chi connectivity index (χ3v) is 6.37. The molecule has 5 rings (SSSR count). The molecule has 0 fully saturated rings. The van der Waals surface area contributed by atoms with Crippen LogP contribution in [0.25, 0.3) is 10.9 Å². The molecule has 0 aliphatic carbocycles. The van der Waals surface area contributed by atoms with Crippen molar-refractivity contribution in [2.45, 2.75) is 12.5 Å². The fraction of sp³-hybridized carbons (Fsp3) is 0.222. The maximum absolute atomic E-state index is 13.5. The van der Waals surface area contributed by atoms with E-state index in [0.717, 1.165) is 45.8 Å². The average Bonchev–Trinajstić information content (AvgIpc) is 3.26. The van der Waals surface area contributed by atoms with Crippen LogP contribution in [0.15, 0.2) is 66.7 Å². The second-order valence-electron chi connectivity index (χ2n) is 8.21. The SMILES string of the molecule is COc1ccc(NC(=O)N2CCc3c([nH]c4ccc(OC)cc34)[C@H]2c2ccc(OC)cc2)cc1. The first-order chi connectivity index (χ1) is 16.6. The van der Waals surface area contributed by atoms with Crippen molar-refractivity contribution in [1.29, 1.82) is 0 Å².